The normalized spacial score (nSPS) is 19.1. The molecule has 154 valence electrons. The van der Waals surface area contributed by atoms with Crippen molar-refractivity contribution in [2.24, 2.45) is 11.8 Å². The molecule has 1 N–H and O–H groups in total. The van der Waals surface area contributed by atoms with Gasteiger partial charge >= 0.3 is 0 Å². The fourth-order valence-electron chi connectivity index (χ4n) is 3.85. The second-order valence-corrected chi connectivity index (χ2v) is 8.91. The summed E-state index contributed by atoms with van der Waals surface area (Å²) in [5.41, 5.74) is 2.84. The summed E-state index contributed by atoms with van der Waals surface area (Å²) in [6.45, 7) is 9.68. The van der Waals surface area contributed by atoms with E-state index in [9.17, 15) is 9.59 Å². The lowest BCUT2D eigenvalue weighted by molar-refractivity contribution is -0.113. The predicted octanol–water partition coefficient (Wildman–Crippen LogP) is 3.94. The molecule has 1 aliphatic rings. The lowest BCUT2D eigenvalue weighted by atomic mass is 9.91. The number of amides is 2. The van der Waals surface area contributed by atoms with Crippen molar-refractivity contribution in [2.75, 3.05) is 24.2 Å². The van der Waals surface area contributed by atoms with Gasteiger partial charge in [0.25, 0.3) is 5.91 Å². The summed E-state index contributed by atoms with van der Waals surface area (Å²) >= 11 is 1.29. The standard InChI is InChI=1S/C22H28N4O2S/c1-14-9-15(2)12-26(11-14)21(28)18-7-5-6-8-19(18)25-20(27)13-29-22-23-16(3)10-17(4)24-22/h5-8,10,14-15H,9,11-13H2,1-4H3,(H,25,27). The van der Waals surface area contributed by atoms with Crippen molar-refractivity contribution >= 4 is 29.3 Å². The van der Waals surface area contributed by atoms with Gasteiger partial charge in [-0.3, -0.25) is 9.59 Å². The molecule has 0 spiro atoms. The number of rotatable bonds is 5. The number of nitrogens with one attached hydrogen (secondary N) is 1. The minimum absolute atomic E-state index is 0.0235. The van der Waals surface area contributed by atoms with E-state index in [1.807, 2.05) is 36.9 Å². The van der Waals surface area contributed by atoms with Crippen molar-refractivity contribution in [1.29, 1.82) is 0 Å². The molecule has 2 unspecified atom stereocenters. The van der Waals surface area contributed by atoms with E-state index in [4.69, 9.17) is 0 Å². The third-order valence-corrected chi connectivity index (χ3v) is 5.73. The van der Waals surface area contributed by atoms with Crippen LogP contribution >= 0.6 is 11.8 Å². The zero-order valence-electron chi connectivity index (χ0n) is 17.4. The summed E-state index contributed by atoms with van der Waals surface area (Å²) < 4.78 is 0. The number of thioether (sulfide) groups is 1. The van der Waals surface area contributed by atoms with E-state index in [1.54, 1.807) is 12.1 Å². The van der Waals surface area contributed by atoms with Gasteiger partial charge in [-0.05, 0) is 50.3 Å². The largest absolute Gasteiger partial charge is 0.338 e. The Balaban J connectivity index is 1.66. The van der Waals surface area contributed by atoms with Gasteiger partial charge in [0.1, 0.15) is 0 Å². The van der Waals surface area contributed by atoms with E-state index in [-0.39, 0.29) is 17.6 Å². The molecule has 6 nitrogen and oxygen atoms in total. The third-order valence-electron chi connectivity index (χ3n) is 4.88. The molecule has 2 atom stereocenters. The van der Waals surface area contributed by atoms with Crippen molar-refractivity contribution in [2.45, 2.75) is 39.3 Å². The first-order chi connectivity index (χ1) is 13.8. The van der Waals surface area contributed by atoms with Crippen molar-refractivity contribution < 1.29 is 9.59 Å². The Morgan fingerprint density at radius 3 is 2.38 bits per heavy atom. The Labute approximate surface area is 176 Å². The minimum atomic E-state index is -0.182. The maximum atomic E-state index is 13.1. The molecule has 29 heavy (non-hydrogen) atoms. The van der Waals surface area contributed by atoms with Crippen LogP contribution in [-0.4, -0.2) is 45.5 Å². The number of hydrogen-bond donors (Lipinski definition) is 1. The Hall–Kier alpha value is -2.41. The van der Waals surface area contributed by atoms with Crippen molar-refractivity contribution in [1.82, 2.24) is 14.9 Å². The molecule has 1 fully saturated rings. The molecule has 0 bridgehead atoms. The molecule has 3 rings (SSSR count). The number of carbonyl (C=O) groups is 2. The Bertz CT molecular complexity index is 872. The summed E-state index contributed by atoms with van der Waals surface area (Å²) in [4.78, 5) is 36.2. The van der Waals surface area contributed by atoms with E-state index in [0.717, 1.165) is 30.9 Å². The third kappa shape index (κ3) is 5.79. The highest BCUT2D eigenvalue weighted by Gasteiger charge is 2.27. The van der Waals surface area contributed by atoms with E-state index in [2.05, 4.69) is 29.1 Å². The first-order valence-corrected chi connectivity index (χ1v) is 10.9. The highest BCUT2D eigenvalue weighted by molar-refractivity contribution is 7.99. The highest BCUT2D eigenvalue weighted by atomic mass is 32.2. The van der Waals surface area contributed by atoms with Crippen LogP contribution in [0.25, 0.3) is 0 Å². The second kappa shape index (κ2) is 9.39. The van der Waals surface area contributed by atoms with E-state index in [0.29, 0.717) is 28.2 Å². The van der Waals surface area contributed by atoms with Crippen LogP contribution < -0.4 is 5.32 Å². The summed E-state index contributed by atoms with van der Waals surface area (Å²) in [6.07, 6.45) is 1.14. The van der Waals surface area contributed by atoms with Crippen LogP contribution in [0.1, 0.15) is 42.0 Å². The Morgan fingerprint density at radius 2 is 1.72 bits per heavy atom. The Morgan fingerprint density at radius 1 is 1.10 bits per heavy atom. The van der Waals surface area contributed by atoms with Crippen LogP contribution in [-0.2, 0) is 4.79 Å². The molecule has 1 aromatic heterocycles. The molecule has 7 heteroatoms. The fraction of sp³-hybridized carbons (Fsp3) is 0.455. The molecular formula is C22H28N4O2S. The average molecular weight is 413 g/mol. The monoisotopic (exact) mass is 412 g/mol. The molecule has 1 saturated heterocycles. The summed E-state index contributed by atoms with van der Waals surface area (Å²) in [5.74, 6) is 0.948. The van der Waals surface area contributed by atoms with Gasteiger partial charge in [-0.2, -0.15) is 0 Å². The summed E-state index contributed by atoms with van der Waals surface area (Å²) in [7, 11) is 0. The van der Waals surface area contributed by atoms with Gasteiger partial charge in [0.15, 0.2) is 5.16 Å². The predicted molar refractivity (Wildman–Crippen MR) is 116 cm³/mol. The van der Waals surface area contributed by atoms with Gasteiger partial charge in [0.05, 0.1) is 17.0 Å². The van der Waals surface area contributed by atoms with Crippen molar-refractivity contribution in [3.05, 3.63) is 47.3 Å². The number of nitrogens with zero attached hydrogens (tertiary/aromatic N) is 3. The number of aromatic nitrogens is 2. The van der Waals surface area contributed by atoms with Crippen LogP contribution in [0.4, 0.5) is 5.69 Å². The zero-order valence-corrected chi connectivity index (χ0v) is 18.3. The molecule has 0 radical (unpaired) electrons. The van der Waals surface area contributed by atoms with Crippen molar-refractivity contribution in [3.63, 3.8) is 0 Å². The molecule has 2 heterocycles. The number of piperidine rings is 1. The van der Waals surface area contributed by atoms with E-state index < -0.39 is 0 Å². The zero-order chi connectivity index (χ0) is 21.0. The lowest BCUT2D eigenvalue weighted by Gasteiger charge is -2.35. The quantitative estimate of drug-likeness (QED) is 0.595. The molecule has 2 amide bonds. The minimum Gasteiger partial charge on any atom is -0.338 e. The smallest absolute Gasteiger partial charge is 0.255 e. The average Bonchev–Trinajstić information content (AvgIpc) is 2.65. The van der Waals surface area contributed by atoms with Gasteiger partial charge in [0.2, 0.25) is 5.91 Å². The first-order valence-electron chi connectivity index (χ1n) is 9.95. The number of carbonyl (C=O) groups excluding carboxylic acids is 2. The number of benzene rings is 1. The number of likely N-dealkylation sites (tertiary alicyclic amines) is 1. The van der Waals surface area contributed by atoms with Crippen LogP contribution in [0.15, 0.2) is 35.5 Å². The first kappa shape index (κ1) is 21.3. The van der Waals surface area contributed by atoms with Crippen LogP contribution in [0.5, 0.6) is 0 Å². The van der Waals surface area contributed by atoms with Crippen LogP contribution in [0.2, 0.25) is 0 Å². The SMILES string of the molecule is Cc1cc(C)nc(SCC(=O)Nc2ccccc2C(=O)N2CC(C)CC(C)C2)n1. The molecule has 0 saturated carbocycles. The van der Waals surface area contributed by atoms with Gasteiger partial charge in [-0.25, -0.2) is 9.97 Å². The maximum absolute atomic E-state index is 13.1. The summed E-state index contributed by atoms with van der Waals surface area (Å²) in [6, 6.07) is 9.11. The number of hydrogen-bond acceptors (Lipinski definition) is 5. The van der Waals surface area contributed by atoms with Crippen LogP contribution in [0.3, 0.4) is 0 Å². The van der Waals surface area contributed by atoms with E-state index >= 15 is 0 Å². The van der Waals surface area contributed by atoms with Crippen molar-refractivity contribution in [3.8, 4) is 0 Å². The molecule has 0 aliphatic carbocycles. The Kier molecular flexibility index (Phi) is 6.90. The lowest BCUT2D eigenvalue weighted by Crippen LogP contribution is -2.42. The van der Waals surface area contributed by atoms with Gasteiger partial charge in [0, 0.05) is 24.5 Å². The molecule has 2 aromatic rings. The molecule has 1 aliphatic heterocycles. The molecule has 1 aromatic carbocycles. The van der Waals surface area contributed by atoms with Gasteiger partial charge in [-0.1, -0.05) is 37.7 Å². The van der Waals surface area contributed by atoms with Crippen LogP contribution in [0, 0.1) is 25.7 Å². The highest BCUT2D eigenvalue weighted by Crippen LogP contribution is 2.25. The molecular weight excluding hydrogens is 384 g/mol. The summed E-state index contributed by atoms with van der Waals surface area (Å²) in [5, 5.41) is 3.47. The maximum Gasteiger partial charge on any atom is 0.255 e. The second-order valence-electron chi connectivity index (χ2n) is 7.97. The number of aryl methyl sites for hydroxylation is 2. The van der Waals surface area contributed by atoms with E-state index in [1.165, 1.54) is 11.8 Å². The number of anilines is 1. The number of para-hydroxylation sites is 1. The fourth-order valence-corrected chi connectivity index (χ4v) is 4.60. The topological polar surface area (TPSA) is 75.2 Å². The van der Waals surface area contributed by atoms with Gasteiger partial charge in [-0.15, -0.1) is 0 Å². The van der Waals surface area contributed by atoms with Gasteiger partial charge < -0.3 is 10.2 Å².